The summed E-state index contributed by atoms with van der Waals surface area (Å²) in [5.74, 6) is 0. The van der Waals surface area contributed by atoms with Gasteiger partial charge < -0.3 is 0 Å². The zero-order valence-corrected chi connectivity index (χ0v) is 12.8. The summed E-state index contributed by atoms with van der Waals surface area (Å²) in [7, 11) is 0. The monoisotopic (exact) mass is 328 g/mol. The van der Waals surface area contributed by atoms with Crippen LogP contribution in [0.1, 0.15) is 11.1 Å². The van der Waals surface area contributed by atoms with Crippen LogP contribution in [0.15, 0.2) is 64.7 Å². The Morgan fingerprint density at radius 1 is 0.913 bits per heavy atom. The Labute approximate surface area is 136 Å². The van der Waals surface area contributed by atoms with Crippen LogP contribution in [-0.2, 0) is 13.1 Å². The summed E-state index contributed by atoms with van der Waals surface area (Å²) in [4.78, 5) is 32.7. The lowest BCUT2D eigenvalue weighted by Gasteiger charge is -2.12. The van der Waals surface area contributed by atoms with Gasteiger partial charge in [-0.15, -0.1) is 0 Å². The van der Waals surface area contributed by atoms with Crippen LogP contribution in [0.2, 0.25) is 5.15 Å². The average molecular weight is 329 g/mol. The van der Waals surface area contributed by atoms with Crippen molar-refractivity contribution in [3.63, 3.8) is 0 Å². The summed E-state index contributed by atoms with van der Waals surface area (Å²) in [6, 6.07) is 8.42. The lowest BCUT2D eigenvalue weighted by molar-refractivity contribution is 0.611. The van der Waals surface area contributed by atoms with Crippen molar-refractivity contribution in [2.45, 2.75) is 13.1 Å². The minimum absolute atomic E-state index is 0.103. The molecule has 3 aromatic heterocycles. The van der Waals surface area contributed by atoms with Gasteiger partial charge in [0.15, 0.2) is 0 Å². The summed E-state index contributed by atoms with van der Waals surface area (Å²) < 4.78 is 2.48. The maximum atomic E-state index is 12.6. The van der Waals surface area contributed by atoms with Gasteiger partial charge in [0.1, 0.15) is 5.15 Å². The molecule has 23 heavy (non-hydrogen) atoms. The first-order valence-corrected chi connectivity index (χ1v) is 7.31. The number of aromatic nitrogens is 4. The number of hydrogen-bond donors (Lipinski definition) is 0. The highest BCUT2D eigenvalue weighted by Crippen LogP contribution is 2.07. The number of halogens is 1. The molecule has 0 saturated heterocycles. The second kappa shape index (κ2) is 6.58. The van der Waals surface area contributed by atoms with E-state index in [4.69, 9.17) is 11.6 Å². The molecule has 0 atom stereocenters. The van der Waals surface area contributed by atoms with Crippen molar-refractivity contribution in [2.75, 3.05) is 0 Å². The summed E-state index contributed by atoms with van der Waals surface area (Å²) in [6.07, 6.45) is 6.55. The lowest BCUT2D eigenvalue weighted by atomic mass is 10.3. The quantitative estimate of drug-likeness (QED) is 0.681. The highest BCUT2D eigenvalue weighted by molar-refractivity contribution is 6.29. The Hall–Kier alpha value is -2.73. The molecule has 0 amide bonds. The van der Waals surface area contributed by atoms with Crippen molar-refractivity contribution in [1.82, 2.24) is 19.1 Å². The molecule has 0 aliphatic rings. The Balaban J connectivity index is 2.03. The van der Waals surface area contributed by atoms with Crippen molar-refractivity contribution in [3.05, 3.63) is 92.2 Å². The molecule has 0 bridgehead atoms. The van der Waals surface area contributed by atoms with E-state index in [1.807, 2.05) is 6.07 Å². The lowest BCUT2D eigenvalue weighted by Crippen LogP contribution is -2.40. The van der Waals surface area contributed by atoms with E-state index in [0.717, 1.165) is 15.7 Å². The zero-order chi connectivity index (χ0) is 16.2. The van der Waals surface area contributed by atoms with E-state index in [2.05, 4.69) is 9.97 Å². The van der Waals surface area contributed by atoms with Crippen LogP contribution in [0.5, 0.6) is 0 Å². The van der Waals surface area contributed by atoms with E-state index in [9.17, 15) is 9.59 Å². The van der Waals surface area contributed by atoms with Crippen molar-refractivity contribution >= 4 is 11.6 Å². The second-order valence-corrected chi connectivity index (χ2v) is 5.37. The van der Waals surface area contributed by atoms with E-state index >= 15 is 0 Å². The molecule has 6 nitrogen and oxygen atoms in total. The van der Waals surface area contributed by atoms with E-state index in [0.29, 0.717) is 0 Å². The van der Waals surface area contributed by atoms with Crippen molar-refractivity contribution in [3.8, 4) is 0 Å². The van der Waals surface area contributed by atoms with Gasteiger partial charge in [0, 0.05) is 30.9 Å². The van der Waals surface area contributed by atoms with Crippen molar-refractivity contribution in [2.24, 2.45) is 0 Å². The minimum Gasteiger partial charge on any atom is -0.279 e. The molecule has 0 aromatic carbocycles. The summed E-state index contributed by atoms with van der Waals surface area (Å²) in [5, 5.41) is 0.103. The maximum absolute atomic E-state index is 12.6. The molecule has 0 aliphatic heterocycles. The van der Waals surface area contributed by atoms with Crippen LogP contribution in [-0.4, -0.2) is 19.1 Å². The molecular formula is C16H13ClN4O2. The number of hydrogen-bond acceptors (Lipinski definition) is 4. The summed E-state index contributed by atoms with van der Waals surface area (Å²) >= 11 is 6.08. The molecule has 7 heteroatoms. The second-order valence-electron chi connectivity index (χ2n) is 4.98. The van der Waals surface area contributed by atoms with E-state index in [1.54, 1.807) is 43.0 Å². The van der Waals surface area contributed by atoms with E-state index in [-0.39, 0.29) is 18.2 Å². The fraction of sp³-hybridized carbons (Fsp3) is 0.125. The van der Waals surface area contributed by atoms with E-state index in [1.165, 1.54) is 10.6 Å². The van der Waals surface area contributed by atoms with Gasteiger partial charge in [-0.2, -0.15) is 0 Å². The predicted octanol–water partition coefficient (Wildman–Crippen LogP) is 1.55. The standard InChI is InChI=1S/C16H13ClN4O2/c17-14-7-15(22)21(11-13-4-2-6-19-9-13)16(23)20(14)10-12-3-1-5-18-8-12/h1-9H,10-11H2. The molecule has 0 aliphatic carbocycles. The Kier molecular flexibility index (Phi) is 4.34. The molecule has 0 unspecified atom stereocenters. The first kappa shape index (κ1) is 15.2. The molecular weight excluding hydrogens is 316 g/mol. The van der Waals surface area contributed by atoms with Crippen LogP contribution in [0, 0.1) is 0 Å². The Morgan fingerprint density at radius 3 is 2.00 bits per heavy atom. The number of rotatable bonds is 4. The third-order valence-electron chi connectivity index (χ3n) is 3.36. The molecule has 0 N–H and O–H groups in total. The van der Waals surface area contributed by atoms with Gasteiger partial charge in [-0.3, -0.25) is 23.9 Å². The highest BCUT2D eigenvalue weighted by Gasteiger charge is 2.11. The van der Waals surface area contributed by atoms with Gasteiger partial charge in [0.25, 0.3) is 5.56 Å². The van der Waals surface area contributed by atoms with Gasteiger partial charge in [-0.25, -0.2) is 4.79 Å². The molecule has 0 fully saturated rings. The van der Waals surface area contributed by atoms with Crippen LogP contribution in [0.25, 0.3) is 0 Å². The minimum atomic E-state index is -0.463. The van der Waals surface area contributed by atoms with Gasteiger partial charge in [-0.05, 0) is 23.3 Å². The molecule has 116 valence electrons. The van der Waals surface area contributed by atoms with Crippen molar-refractivity contribution in [1.29, 1.82) is 0 Å². The molecule has 3 rings (SSSR count). The van der Waals surface area contributed by atoms with Gasteiger partial charge in [0.2, 0.25) is 0 Å². The molecule has 0 saturated carbocycles. The SMILES string of the molecule is O=c1cc(Cl)n(Cc2cccnc2)c(=O)n1Cc1cccnc1. The third-order valence-corrected chi connectivity index (χ3v) is 3.67. The first-order chi connectivity index (χ1) is 11.1. The largest absolute Gasteiger partial charge is 0.332 e. The summed E-state index contributed by atoms with van der Waals surface area (Å²) in [6.45, 7) is 0.397. The maximum Gasteiger partial charge on any atom is 0.332 e. The molecule has 3 aromatic rings. The van der Waals surface area contributed by atoms with Gasteiger partial charge in [0.05, 0.1) is 13.1 Å². The zero-order valence-electron chi connectivity index (χ0n) is 12.1. The van der Waals surface area contributed by atoms with Crippen LogP contribution in [0.4, 0.5) is 0 Å². The normalized spacial score (nSPS) is 10.7. The molecule has 0 radical (unpaired) electrons. The number of pyridine rings is 2. The highest BCUT2D eigenvalue weighted by atomic mass is 35.5. The Morgan fingerprint density at radius 2 is 1.48 bits per heavy atom. The van der Waals surface area contributed by atoms with Gasteiger partial charge in [-0.1, -0.05) is 23.7 Å². The molecule has 0 spiro atoms. The molecule has 3 heterocycles. The average Bonchev–Trinajstić information content (AvgIpc) is 2.57. The smallest absolute Gasteiger partial charge is 0.279 e. The third kappa shape index (κ3) is 3.37. The van der Waals surface area contributed by atoms with Crippen LogP contribution >= 0.6 is 11.6 Å². The van der Waals surface area contributed by atoms with Crippen LogP contribution < -0.4 is 11.2 Å². The van der Waals surface area contributed by atoms with Crippen molar-refractivity contribution < 1.29 is 0 Å². The number of nitrogens with zero attached hydrogens (tertiary/aromatic N) is 4. The topological polar surface area (TPSA) is 69.8 Å². The van der Waals surface area contributed by atoms with E-state index < -0.39 is 11.2 Å². The van der Waals surface area contributed by atoms with Gasteiger partial charge >= 0.3 is 5.69 Å². The summed E-state index contributed by atoms with van der Waals surface area (Å²) in [5.41, 5.74) is 0.687. The fourth-order valence-corrected chi connectivity index (χ4v) is 2.45. The Bertz CT molecular complexity index is 920. The fourth-order valence-electron chi connectivity index (χ4n) is 2.23. The van der Waals surface area contributed by atoms with Crippen LogP contribution in [0.3, 0.4) is 0 Å². The first-order valence-electron chi connectivity index (χ1n) is 6.93. The predicted molar refractivity (Wildman–Crippen MR) is 86.7 cm³/mol.